The van der Waals surface area contributed by atoms with Crippen LogP contribution in [0.25, 0.3) is 0 Å². The highest BCUT2D eigenvalue weighted by Crippen LogP contribution is 2.11. The third-order valence-corrected chi connectivity index (χ3v) is 2.42. The van der Waals surface area contributed by atoms with Crippen LogP contribution >= 0.6 is 0 Å². The van der Waals surface area contributed by atoms with Gasteiger partial charge in [-0.25, -0.2) is 4.79 Å². The number of carbonyl (C=O) groups excluding carboxylic acids is 1. The second-order valence-electron chi connectivity index (χ2n) is 3.96. The summed E-state index contributed by atoms with van der Waals surface area (Å²) in [4.78, 5) is 21.0. The van der Waals surface area contributed by atoms with E-state index < -0.39 is 4.92 Å². The van der Waals surface area contributed by atoms with E-state index in [0.29, 0.717) is 26.3 Å². The molecule has 0 saturated carbocycles. The van der Waals surface area contributed by atoms with Crippen LogP contribution in [0.4, 0.5) is 5.69 Å². The third-order valence-electron chi connectivity index (χ3n) is 2.42. The minimum Gasteiger partial charge on any atom is -0.464 e. The average molecular weight is 282 g/mol. The largest absolute Gasteiger partial charge is 0.464 e. The maximum absolute atomic E-state index is 11.0. The lowest BCUT2D eigenvalue weighted by Crippen LogP contribution is -2.21. The molecule has 1 rings (SSSR count). The molecule has 7 nitrogen and oxygen atoms in total. The van der Waals surface area contributed by atoms with Crippen LogP contribution in [0.3, 0.4) is 0 Å². The van der Waals surface area contributed by atoms with Gasteiger partial charge in [0, 0.05) is 25.2 Å². The predicted molar refractivity (Wildman–Crippen MR) is 72.3 cm³/mol. The molecule has 0 aliphatic rings. The van der Waals surface area contributed by atoms with Gasteiger partial charge in [0.05, 0.1) is 18.1 Å². The molecule has 0 saturated heterocycles. The lowest BCUT2D eigenvalue weighted by atomic mass is 10.2. The summed E-state index contributed by atoms with van der Waals surface area (Å²) in [6.07, 6.45) is 0. The van der Waals surface area contributed by atoms with Gasteiger partial charge in [-0.3, -0.25) is 10.1 Å². The molecule has 0 radical (unpaired) electrons. The second kappa shape index (κ2) is 9.00. The highest BCUT2D eigenvalue weighted by molar-refractivity contribution is 5.70. The first-order chi connectivity index (χ1) is 9.63. The minimum absolute atomic E-state index is 0.0486. The molecule has 1 aromatic carbocycles. The lowest BCUT2D eigenvalue weighted by Gasteiger charge is -2.06. The number of nitro groups is 1. The molecular weight excluding hydrogens is 264 g/mol. The Kier molecular flexibility index (Phi) is 7.23. The van der Waals surface area contributed by atoms with Gasteiger partial charge in [-0.1, -0.05) is 12.1 Å². The van der Waals surface area contributed by atoms with Gasteiger partial charge in [0.15, 0.2) is 0 Å². The fourth-order valence-corrected chi connectivity index (χ4v) is 1.47. The van der Waals surface area contributed by atoms with Gasteiger partial charge in [-0.2, -0.15) is 0 Å². The summed E-state index contributed by atoms with van der Waals surface area (Å²) in [5, 5.41) is 13.6. The molecule has 0 amide bonds. The third kappa shape index (κ3) is 6.26. The molecule has 0 fully saturated rings. The molecule has 0 aliphatic carbocycles. The van der Waals surface area contributed by atoms with Gasteiger partial charge in [0.1, 0.15) is 6.61 Å². The van der Waals surface area contributed by atoms with E-state index in [-0.39, 0.29) is 18.3 Å². The van der Waals surface area contributed by atoms with E-state index in [1.54, 1.807) is 19.1 Å². The van der Waals surface area contributed by atoms with E-state index in [4.69, 9.17) is 9.47 Å². The van der Waals surface area contributed by atoms with Crippen molar-refractivity contribution in [2.24, 2.45) is 0 Å². The summed E-state index contributed by atoms with van der Waals surface area (Å²) >= 11 is 0. The molecule has 1 aromatic rings. The summed E-state index contributed by atoms with van der Waals surface area (Å²) < 4.78 is 9.82. The molecule has 0 aliphatic heterocycles. The second-order valence-corrected chi connectivity index (χ2v) is 3.96. The Morgan fingerprint density at radius 2 is 2.05 bits per heavy atom. The standard InChI is InChI=1S/C13H18N2O5/c1-2-20-13(16)10-19-8-7-14-9-11-3-5-12(6-4-11)15(17)18/h3-6,14H,2,7-10H2,1H3. The number of hydrogen-bond acceptors (Lipinski definition) is 6. The van der Waals surface area contributed by atoms with E-state index in [0.717, 1.165) is 5.56 Å². The molecular formula is C13H18N2O5. The Hall–Kier alpha value is -1.99. The Morgan fingerprint density at radius 3 is 2.65 bits per heavy atom. The van der Waals surface area contributed by atoms with Crippen LogP contribution in [0.5, 0.6) is 0 Å². The topological polar surface area (TPSA) is 90.7 Å². The number of nitrogens with zero attached hydrogens (tertiary/aromatic N) is 1. The Morgan fingerprint density at radius 1 is 1.35 bits per heavy atom. The fraction of sp³-hybridized carbons (Fsp3) is 0.462. The van der Waals surface area contributed by atoms with Gasteiger partial charge in [-0.05, 0) is 12.5 Å². The first-order valence-electron chi connectivity index (χ1n) is 6.31. The van der Waals surface area contributed by atoms with Crippen molar-refractivity contribution < 1.29 is 19.2 Å². The van der Waals surface area contributed by atoms with Crippen LogP contribution in [0, 0.1) is 10.1 Å². The number of esters is 1. The Labute approximate surface area is 117 Å². The van der Waals surface area contributed by atoms with Crippen molar-refractivity contribution in [2.45, 2.75) is 13.5 Å². The maximum atomic E-state index is 11.0. The monoisotopic (exact) mass is 282 g/mol. The summed E-state index contributed by atoms with van der Waals surface area (Å²) in [5.41, 5.74) is 1.02. The van der Waals surface area contributed by atoms with Gasteiger partial charge in [0.2, 0.25) is 0 Å². The normalized spacial score (nSPS) is 10.2. The Bertz CT molecular complexity index is 433. The van der Waals surface area contributed by atoms with Gasteiger partial charge >= 0.3 is 5.97 Å². The summed E-state index contributed by atoms with van der Waals surface area (Å²) in [7, 11) is 0. The van der Waals surface area contributed by atoms with E-state index in [1.807, 2.05) is 0 Å². The number of nitro benzene ring substituents is 1. The number of ether oxygens (including phenoxy) is 2. The molecule has 7 heteroatoms. The van der Waals surface area contributed by atoms with Crippen molar-refractivity contribution in [1.29, 1.82) is 0 Å². The van der Waals surface area contributed by atoms with Crippen molar-refractivity contribution in [2.75, 3.05) is 26.4 Å². The van der Waals surface area contributed by atoms with E-state index in [2.05, 4.69) is 5.32 Å². The van der Waals surface area contributed by atoms with E-state index in [1.165, 1.54) is 12.1 Å². The number of benzene rings is 1. The van der Waals surface area contributed by atoms with Crippen molar-refractivity contribution in [1.82, 2.24) is 5.32 Å². The summed E-state index contributed by atoms with van der Waals surface area (Å²) in [6.45, 7) is 3.60. The first-order valence-corrected chi connectivity index (χ1v) is 6.31. The van der Waals surface area contributed by atoms with E-state index >= 15 is 0 Å². The highest BCUT2D eigenvalue weighted by atomic mass is 16.6. The molecule has 0 heterocycles. The van der Waals surface area contributed by atoms with Gasteiger partial charge < -0.3 is 14.8 Å². The smallest absolute Gasteiger partial charge is 0.332 e. The molecule has 0 atom stereocenters. The summed E-state index contributed by atoms with van der Waals surface area (Å²) in [5.74, 6) is -0.372. The molecule has 0 bridgehead atoms. The number of carbonyl (C=O) groups is 1. The first kappa shape index (κ1) is 16.1. The highest BCUT2D eigenvalue weighted by Gasteiger charge is 2.03. The Balaban J connectivity index is 2.12. The van der Waals surface area contributed by atoms with E-state index in [9.17, 15) is 14.9 Å². The predicted octanol–water partition coefficient (Wildman–Crippen LogP) is 1.26. The van der Waals surface area contributed by atoms with Gasteiger partial charge in [0.25, 0.3) is 5.69 Å². The number of non-ortho nitro benzene ring substituents is 1. The number of hydrogen-bond donors (Lipinski definition) is 1. The van der Waals surface area contributed by atoms with Crippen LogP contribution in [0.1, 0.15) is 12.5 Å². The maximum Gasteiger partial charge on any atom is 0.332 e. The van der Waals surface area contributed by atoms with Crippen LogP contribution < -0.4 is 5.32 Å². The molecule has 0 spiro atoms. The van der Waals surface area contributed by atoms with Crippen molar-refractivity contribution in [3.05, 3.63) is 39.9 Å². The zero-order chi connectivity index (χ0) is 14.8. The fourth-order valence-electron chi connectivity index (χ4n) is 1.47. The lowest BCUT2D eigenvalue weighted by molar-refractivity contribution is -0.384. The molecule has 110 valence electrons. The molecule has 0 aromatic heterocycles. The quantitative estimate of drug-likeness (QED) is 0.317. The van der Waals surface area contributed by atoms with Crippen molar-refractivity contribution in [3.63, 3.8) is 0 Å². The number of nitrogens with one attached hydrogen (secondary N) is 1. The number of rotatable bonds is 9. The van der Waals surface area contributed by atoms with Crippen molar-refractivity contribution >= 4 is 11.7 Å². The van der Waals surface area contributed by atoms with Crippen LogP contribution in [0.15, 0.2) is 24.3 Å². The zero-order valence-electron chi connectivity index (χ0n) is 11.3. The van der Waals surface area contributed by atoms with Crippen molar-refractivity contribution in [3.8, 4) is 0 Å². The van der Waals surface area contributed by atoms with Crippen LogP contribution in [-0.2, 0) is 20.8 Å². The SMILES string of the molecule is CCOC(=O)COCCNCc1ccc([N+](=O)[O-])cc1. The molecule has 20 heavy (non-hydrogen) atoms. The minimum atomic E-state index is -0.430. The van der Waals surface area contributed by atoms with Crippen LogP contribution in [-0.4, -0.2) is 37.3 Å². The van der Waals surface area contributed by atoms with Crippen LogP contribution in [0.2, 0.25) is 0 Å². The molecule has 0 unspecified atom stereocenters. The van der Waals surface area contributed by atoms with Gasteiger partial charge in [-0.15, -0.1) is 0 Å². The molecule has 1 N–H and O–H groups in total. The zero-order valence-corrected chi connectivity index (χ0v) is 11.3. The average Bonchev–Trinajstić information content (AvgIpc) is 2.43. The summed E-state index contributed by atoms with van der Waals surface area (Å²) in [6, 6.07) is 6.33.